The SMILES string of the molecule is C=CC(=O)N1CCN(CCCCCn2nc(-c3ccc(O)c(C)c3)c3c(N)ncnc32)CC1. The van der Waals surface area contributed by atoms with E-state index in [2.05, 4.69) is 21.4 Å². The topological polar surface area (TPSA) is 113 Å². The van der Waals surface area contributed by atoms with Gasteiger partial charge in [-0.05, 0) is 56.1 Å². The quantitative estimate of drug-likeness (QED) is 0.401. The predicted molar refractivity (Wildman–Crippen MR) is 129 cm³/mol. The van der Waals surface area contributed by atoms with Crippen LogP contribution in [-0.4, -0.2) is 73.3 Å². The number of hydrogen-bond donors (Lipinski definition) is 2. The minimum absolute atomic E-state index is 0.0207. The zero-order valence-electron chi connectivity index (χ0n) is 19.1. The van der Waals surface area contributed by atoms with Crippen LogP contribution in [-0.2, 0) is 11.3 Å². The summed E-state index contributed by atoms with van der Waals surface area (Å²) < 4.78 is 1.91. The van der Waals surface area contributed by atoms with Gasteiger partial charge in [0.15, 0.2) is 5.65 Å². The number of benzene rings is 1. The fraction of sp³-hybridized carbons (Fsp3) is 0.417. The van der Waals surface area contributed by atoms with E-state index in [-0.39, 0.29) is 11.7 Å². The standard InChI is InChI=1S/C24H31N7O2/c1-3-20(33)30-13-11-29(12-14-30)9-5-4-6-10-31-24-21(23(25)26-16-27-24)22(28-31)18-7-8-19(32)17(2)15-18/h3,7-8,15-16,32H,1,4-6,9-14H2,2H3,(H2,25,26,27). The lowest BCUT2D eigenvalue weighted by Crippen LogP contribution is -2.48. The van der Waals surface area contributed by atoms with Gasteiger partial charge in [-0.1, -0.05) is 13.0 Å². The van der Waals surface area contributed by atoms with Gasteiger partial charge in [0.2, 0.25) is 5.91 Å². The molecule has 1 fully saturated rings. The monoisotopic (exact) mass is 449 g/mol. The van der Waals surface area contributed by atoms with Crippen LogP contribution >= 0.6 is 0 Å². The number of carbonyl (C=O) groups excluding carboxylic acids is 1. The van der Waals surface area contributed by atoms with Crippen LogP contribution in [0.5, 0.6) is 5.75 Å². The molecule has 9 heteroatoms. The number of anilines is 1. The van der Waals surface area contributed by atoms with Crippen LogP contribution in [0.2, 0.25) is 0 Å². The molecule has 0 radical (unpaired) electrons. The van der Waals surface area contributed by atoms with Gasteiger partial charge in [0, 0.05) is 38.3 Å². The van der Waals surface area contributed by atoms with Crippen molar-refractivity contribution in [3.63, 3.8) is 0 Å². The van der Waals surface area contributed by atoms with Gasteiger partial charge in [0.25, 0.3) is 0 Å². The normalized spacial score (nSPS) is 14.6. The van der Waals surface area contributed by atoms with Gasteiger partial charge < -0.3 is 15.7 Å². The number of amides is 1. The zero-order chi connectivity index (χ0) is 23.4. The highest BCUT2D eigenvalue weighted by Gasteiger charge is 2.19. The van der Waals surface area contributed by atoms with Crippen molar-refractivity contribution in [2.75, 3.05) is 38.5 Å². The molecule has 0 spiro atoms. The van der Waals surface area contributed by atoms with Crippen molar-refractivity contribution < 1.29 is 9.90 Å². The Kier molecular flexibility index (Phi) is 6.88. The zero-order valence-corrected chi connectivity index (χ0v) is 19.1. The lowest BCUT2D eigenvalue weighted by molar-refractivity contribution is -0.127. The molecule has 1 aliphatic rings. The van der Waals surface area contributed by atoms with Gasteiger partial charge in [-0.3, -0.25) is 9.69 Å². The highest BCUT2D eigenvalue weighted by atomic mass is 16.3. The highest BCUT2D eigenvalue weighted by Crippen LogP contribution is 2.32. The summed E-state index contributed by atoms with van der Waals surface area (Å²) in [6.07, 6.45) is 6.00. The van der Waals surface area contributed by atoms with Crippen molar-refractivity contribution in [2.45, 2.75) is 32.7 Å². The number of phenolic OH excluding ortho intramolecular Hbond substituents is 1. The minimum atomic E-state index is 0.0207. The molecule has 1 aliphatic heterocycles. The number of unbranched alkanes of at least 4 members (excludes halogenated alkanes) is 2. The Bertz CT molecular complexity index is 1150. The molecule has 33 heavy (non-hydrogen) atoms. The summed E-state index contributed by atoms with van der Waals surface area (Å²) in [5.74, 6) is 0.675. The lowest BCUT2D eigenvalue weighted by Gasteiger charge is -2.34. The number of aryl methyl sites for hydroxylation is 2. The van der Waals surface area contributed by atoms with Crippen LogP contribution in [0.25, 0.3) is 22.3 Å². The van der Waals surface area contributed by atoms with E-state index in [1.807, 2.05) is 28.6 Å². The van der Waals surface area contributed by atoms with Crippen LogP contribution in [0.4, 0.5) is 5.82 Å². The summed E-state index contributed by atoms with van der Waals surface area (Å²) in [7, 11) is 0. The van der Waals surface area contributed by atoms with E-state index < -0.39 is 0 Å². The van der Waals surface area contributed by atoms with Gasteiger partial charge >= 0.3 is 0 Å². The Morgan fingerprint density at radius 3 is 2.64 bits per heavy atom. The molecule has 3 heterocycles. The number of hydrogen-bond acceptors (Lipinski definition) is 7. The molecule has 9 nitrogen and oxygen atoms in total. The molecule has 2 aromatic heterocycles. The number of nitrogens with two attached hydrogens (primary N) is 1. The summed E-state index contributed by atoms with van der Waals surface area (Å²) >= 11 is 0. The summed E-state index contributed by atoms with van der Waals surface area (Å²) in [5, 5.41) is 15.4. The van der Waals surface area contributed by atoms with Crippen molar-refractivity contribution in [1.82, 2.24) is 29.5 Å². The van der Waals surface area contributed by atoms with Crippen molar-refractivity contribution >= 4 is 22.8 Å². The van der Waals surface area contributed by atoms with E-state index in [1.165, 1.54) is 12.4 Å². The fourth-order valence-corrected chi connectivity index (χ4v) is 4.29. The highest BCUT2D eigenvalue weighted by molar-refractivity contribution is 5.98. The third-order valence-corrected chi connectivity index (χ3v) is 6.23. The van der Waals surface area contributed by atoms with E-state index in [0.717, 1.165) is 86.4 Å². The van der Waals surface area contributed by atoms with Crippen molar-refractivity contribution in [2.24, 2.45) is 0 Å². The molecular weight excluding hydrogens is 418 g/mol. The van der Waals surface area contributed by atoms with Crippen molar-refractivity contribution in [3.8, 4) is 17.0 Å². The second kappa shape index (κ2) is 9.99. The largest absolute Gasteiger partial charge is 0.508 e. The van der Waals surface area contributed by atoms with E-state index in [9.17, 15) is 9.90 Å². The number of aromatic hydroxyl groups is 1. The predicted octanol–water partition coefficient (Wildman–Crippen LogP) is 2.59. The third kappa shape index (κ3) is 4.98. The first-order chi connectivity index (χ1) is 16.0. The van der Waals surface area contributed by atoms with Crippen molar-refractivity contribution in [3.05, 3.63) is 42.7 Å². The maximum Gasteiger partial charge on any atom is 0.246 e. The Labute approximate surface area is 193 Å². The van der Waals surface area contributed by atoms with Gasteiger partial charge in [-0.25, -0.2) is 14.6 Å². The summed E-state index contributed by atoms with van der Waals surface area (Å²) in [6, 6.07) is 5.40. The van der Waals surface area contributed by atoms with Gasteiger partial charge in [-0.2, -0.15) is 5.10 Å². The molecule has 1 aromatic carbocycles. The number of nitrogen functional groups attached to an aromatic ring is 1. The second-order valence-electron chi connectivity index (χ2n) is 8.46. The number of phenols is 1. The van der Waals surface area contributed by atoms with Gasteiger partial charge in [-0.15, -0.1) is 0 Å². The first-order valence-corrected chi connectivity index (χ1v) is 11.4. The Hall–Kier alpha value is -3.46. The number of aromatic nitrogens is 4. The van der Waals surface area contributed by atoms with Crippen LogP contribution < -0.4 is 5.73 Å². The second-order valence-corrected chi connectivity index (χ2v) is 8.46. The average Bonchev–Trinajstić information content (AvgIpc) is 3.20. The number of nitrogens with zero attached hydrogens (tertiary/aromatic N) is 6. The molecule has 174 valence electrons. The first kappa shape index (κ1) is 22.7. The van der Waals surface area contributed by atoms with E-state index >= 15 is 0 Å². The first-order valence-electron chi connectivity index (χ1n) is 11.4. The van der Waals surface area contributed by atoms with E-state index in [1.54, 1.807) is 6.07 Å². The van der Waals surface area contributed by atoms with E-state index in [4.69, 9.17) is 10.8 Å². The van der Waals surface area contributed by atoms with Crippen LogP contribution in [0.1, 0.15) is 24.8 Å². The molecule has 1 saturated heterocycles. The molecular formula is C24H31N7O2. The molecule has 0 unspecified atom stereocenters. The number of piperazine rings is 1. The summed E-state index contributed by atoms with van der Waals surface area (Å²) in [6.45, 7) is 10.6. The smallest absolute Gasteiger partial charge is 0.246 e. The van der Waals surface area contributed by atoms with Crippen LogP contribution in [0, 0.1) is 6.92 Å². The molecule has 0 aliphatic carbocycles. The Morgan fingerprint density at radius 2 is 1.91 bits per heavy atom. The Morgan fingerprint density at radius 1 is 1.15 bits per heavy atom. The van der Waals surface area contributed by atoms with Gasteiger partial charge in [0.05, 0.1) is 5.39 Å². The molecule has 0 bridgehead atoms. The molecule has 3 aromatic rings. The Balaban J connectivity index is 1.36. The maximum absolute atomic E-state index is 11.7. The summed E-state index contributed by atoms with van der Waals surface area (Å²) in [5.41, 5.74) is 9.30. The number of rotatable bonds is 8. The summed E-state index contributed by atoms with van der Waals surface area (Å²) in [4.78, 5) is 24.6. The maximum atomic E-state index is 11.7. The third-order valence-electron chi connectivity index (χ3n) is 6.23. The molecule has 0 atom stereocenters. The lowest BCUT2D eigenvalue weighted by atomic mass is 10.1. The van der Waals surface area contributed by atoms with Crippen LogP contribution in [0.15, 0.2) is 37.2 Å². The molecule has 3 N–H and O–H groups in total. The average molecular weight is 450 g/mol. The molecule has 0 saturated carbocycles. The number of carbonyl (C=O) groups is 1. The molecule has 4 rings (SSSR count). The van der Waals surface area contributed by atoms with Crippen molar-refractivity contribution in [1.29, 1.82) is 0 Å². The number of fused-ring (bicyclic) bond motifs is 1. The van der Waals surface area contributed by atoms with Crippen LogP contribution in [0.3, 0.4) is 0 Å². The van der Waals surface area contributed by atoms with Gasteiger partial charge in [0.1, 0.15) is 23.6 Å². The minimum Gasteiger partial charge on any atom is -0.508 e. The molecule has 1 amide bonds. The fourth-order valence-electron chi connectivity index (χ4n) is 4.29. The van der Waals surface area contributed by atoms with E-state index in [0.29, 0.717) is 5.82 Å².